The second kappa shape index (κ2) is 4.17. The Morgan fingerprint density at radius 1 is 1.47 bits per heavy atom. The lowest BCUT2D eigenvalue weighted by molar-refractivity contribution is 0.478. The van der Waals surface area contributed by atoms with Gasteiger partial charge in [0.1, 0.15) is 5.82 Å². The van der Waals surface area contributed by atoms with Gasteiger partial charge in [0.25, 0.3) is 0 Å². The van der Waals surface area contributed by atoms with Gasteiger partial charge < -0.3 is 10.6 Å². The van der Waals surface area contributed by atoms with Crippen molar-refractivity contribution in [2.45, 2.75) is 18.9 Å². The van der Waals surface area contributed by atoms with E-state index in [-0.39, 0.29) is 5.69 Å². The minimum Gasteiger partial charge on any atom is -0.365 e. The molecule has 0 radical (unpaired) electrons. The fraction of sp³-hybridized carbons (Fsp3) is 0.500. The molecule has 1 fully saturated rings. The van der Waals surface area contributed by atoms with Crippen LogP contribution in [0.3, 0.4) is 0 Å². The number of nitrogens with one attached hydrogen (secondary N) is 3. The normalized spacial score (nSPS) is 20.6. The van der Waals surface area contributed by atoms with Gasteiger partial charge in [-0.1, -0.05) is 0 Å². The molecule has 17 heavy (non-hydrogen) atoms. The maximum absolute atomic E-state index is 11.4. The number of aromatic amines is 1. The van der Waals surface area contributed by atoms with Crippen LogP contribution in [0.2, 0.25) is 0 Å². The molecular weight excluding hydrogens is 220 g/mol. The molecule has 0 bridgehead atoms. The molecule has 7 nitrogen and oxygen atoms in total. The van der Waals surface area contributed by atoms with E-state index in [4.69, 9.17) is 0 Å². The van der Waals surface area contributed by atoms with E-state index in [0.29, 0.717) is 17.5 Å². The van der Waals surface area contributed by atoms with Gasteiger partial charge in [-0.3, -0.25) is 0 Å². The van der Waals surface area contributed by atoms with Gasteiger partial charge in [-0.05, 0) is 31.5 Å². The molecule has 2 aromatic rings. The minimum atomic E-state index is -0.314. The van der Waals surface area contributed by atoms with Crippen LogP contribution in [0.1, 0.15) is 12.8 Å². The van der Waals surface area contributed by atoms with E-state index in [9.17, 15) is 4.79 Å². The molecule has 1 unspecified atom stereocenters. The first-order valence-corrected chi connectivity index (χ1v) is 5.75. The highest BCUT2D eigenvalue weighted by molar-refractivity contribution is 5.43. The van der Waals surface area contributed by atoms with Crippen molar-refractivity contribution in [3.05, 3.63) is 22.6 Å². The zero-order valence-electron chi connectivity index (χ0n) is 9.31. The molecule has 3 rings (SSSR count). The fourth-order valence-corrected chi connectivity index (χ4v) is 2.06. The van der Waals surface area contributed by atoms with Crippen molar-refractivity contribution in [1.82, 2.24) is 25.1 Å². The van der Waals surface area contributed by atoms with Crippen molar-refractivity contribution in [2.24, 2.45) is 0 Å². The third kappa shape index (κ3) is 2.01. The van der Waals surface area contributed by atoms with E-state index >= 15 is 0 Å². The number of fused-ring (bicyclic) bond motifs is 1. The van der Waals surface area contributed by atoms with Crippen LogP contribution in [0.5, 0.6) is 0 Å². The van der Waals surface area contributed by atoms with Gasteiger partial charge in [0, 0.05) is 12.6 Å². The monoisotopic (exact) mass is 234 g/mol. The highest BCUT2D eigenvalue weighted by Gasteiger charge is 2.13. The Bertz CT molecular complexity index is 567. The number of rotatable bonds is 2. The van der Waals surface area contributed by atoms with Gasteiger partial charge >= 0.3 is 5.69 Å². The summed E-state index contributed by atoms with van der Waals surface area (Å²) in [7, 11) is 0. The second-order valence-electron chi connectivity index (χ2n) is 4.20. The van der Waals surface area contributed by atoms with Gasteiger partial charge in [-0.15, -0.1) is 5.10 Å². The molecule has 7 heteroatoms. The Hall–Kier alpha value is -1.89. The molecule has 0 aromatic carbocycles. The number of aromatic nitrogens is 4. The topological polar surface area (TPSA) is 87.1 Å². The van der Waals surface area contributed by atoms with Crippen molar-refractivity contribution in [1.29, 1.82) is 0 Å². The third-order valence-corrected chi connectivity index (χ3v) is 2.92. The Balaban J connectivity index is 1.84. The van der Waals surface area contributed by atoms with Crippen LogP contribution >= 0.6 is 0 Å². The van der Waals surface area contributed by atoms with Crippen LogP contribution in [0, 0.1) is 0 Å². The number of hydrogen-bond acceptors (Lipinski definition) is 5. The molecule has 1 atom stereocenters. The Morgan fingerprint density at radius 3 is 3.24 bits per heavy atom. The van der Waals surface area contributed by atoms with Crippen LogP contribution in [0.4, 0.5) is 5.82 Å². The molecule has 0 aliphatic carbocycles. The molecule has 0 spiro atoms. The zero-order valence-corrected chi connectivity index (χ0v) is 9.31. The van der Waals surface area contributed by atoms with Crippen LogP contribution in [0.25, 0.3) is 5.65 Å². The first-order chi connectivity index (χ1) is 8.33. The van der Waals surface area contributed by atoms with Gasteiger partial charge in [-0.2, -0.15) is 9.61 Å². The van der Waals surface area contributed by atoms with Gasteiger partial charge in [0.2, 0.25) is 0 Å². The summed E-state index contributed by atoms with van der Waals surface area (Å²) < 4.78 is 1.26. The molecule has 90 valence electrons. The fourth-order valence-electron chi connectivity index (χ4n) is 2.06. The van der Waals surface area contributed by atoms with Gasteiger partial charge in [-0.25, -0.2) is 9.89 Å². The summed E-state index contributed by atoms with van der Waals surface area (Å²) in [6.45, 7) is 2.01. The number of H-pyrrole nitrogens is 1. The number of hydrogen-bond donors (Lipinski definition) is 3. The molecule has 1 aliphatic rings. The first-order valence-electron chi connectivity index (χ1n) is 5.75. The van der Waals surface area contributed by atoms with Crippen molar-refractivity contribution in [3.63, 3.8) is 0 Å². The van der Waals surface area contributed by atoms with Crippen LogP contribution < -0.4 is 16.3 Å². The number of nitrogens with zero attached hydrogens (tertiary/aromatic N) is 3. The maximum Gasteiger partial charge on any atom is 0.364 e. The number of anilines is 1. The molecule has 1 aliphatic heterocycles. The molecule has 1 saturated heterocycles. The van der Waals surface area contributed by atoms with E-state index in [2.05, 4.69) is 25.9 Å². The maximum atomic E-state index is 11.4. The summed E-state index contributed by atoms with van der Waals surface area (Å²) in [6.07, 6.45) is 2.28. The van der Waals surface area contributed by atoms with Crippen molar-refractivity contribution >= 4 is 11.5 Å². The predicted molar refractivity (Wildman–Crippen MR) is 63.1 cm³/mol. The molecular formula is C10H14N6O. The average Bonchev–Trinajstić information content (AvgIpc) is 2.73. The highest BCUT2D eigenvalue weighted by Crippen LogP contribution is 2.09. The Labute approximate surface area is 97.2 Å². The average molecular weight is 234 g/mol. The van der Waals surface area contributed by atoms with E-state index in [0.717, 1.165) is 25.9 Å². The molecule has 3 N–H and O–H groups in total. The summed E-state index contributed by atoms with van der Waals surface area (Å²) in [6, 6.07) is 3.98. The molecule has 0 amide bonds. The van der Waals surface area contributed by atoms with E-state index in [1.807, 2.05) is 6.07 Å². The lowest BCUT2D eigenvalue weighted by Crippen LogP contribution is -2.38. The molecule has 3 heterocycles. The summed E-state index contributed by atoms with van der Waals surface area (Å²) in [5.41, 5.74) is 0.215. The summed E-state index contributed by atoms with van der Waals surface area (Å²) in [5.74, 6) is 0.703. The Morgan fingerprint density at radius 2 is 2.41 bits per heavy atom. The zero-order chi connectivity index (χ0) is 11.7. The van der Waals surface area contributed by atoms with Crippen molar-refractivity contribution < 1.29 is 0 Å². The second-order valence-corrected chi connectivity index (χ2v) is 4.20. The van der Waals surface area contributed by atoms with Gasteiger partial charge in [0.05, 0.1) is 0 Å². The van der Waals surface area contributed by atoms with Crippen LogP contribution in [-0.2, 0) is 0 Å². The lowest BCUT2D eigenvalue weighted by atomic mass is 10.1. The molecule has 0 saturated carbocycles. The summed E-state index contributed by atoms with van der Waals surface area (Å²) >= 11 is 0. The van der Waals surface area contributed by atoms with E-state index in [1.165, 1.54) is 4.52 Å². The SMILES string of the molecule is O=c1[nH]nc2ccc(NC3CCCNC3)nn12. The van der Waals surface area contributed by atoms with E-state index < -0.39 is 0 Å². The van der Waals surface area contributed by atoms with Crippen molar-refractivity contribution in [3.8, 4) is 0 Å². The standard InChI is InChI=1S/C10H14N6O/c17-10-14-13-9-4-3-8(15-16(9)10)12-7-2-1-5-11-6-7/h3-4,7,11H,1-2,5-6H2,(H,12,15)(H,14,17). The van der Waals surface area contributed by atoms with E-state index in [1.54, 1.807) is 6.07 Å². The minimum absolute atomic E-state index is 0.314. The van der Waals surface area contributed by atoms with Crippen molar-refractivity contribution in [2.75, 3.05) is 18.4 Å². The largest absolute Gasteiger partial charge is 0.365 e. The third-order valence-electron chi connectivity index (χ3n) is 2.92. The summed E-state index contributed by atoms with van der Waals surface area (Å²) in [5, 5.41) is 17.0. The highest BCUT2D eigenvalue weighted by atomic mass is 16.2. The molecule has 2 aromatic heterocycles. The lowest BCUT2D eigenvalue weighted by Gasteiger charge is -2.24. The first kappa shape index (κ1) is 10.3. The predicted octanol–water partition coefficient (Wildman–Crippen LogP) is -0.419. The van der Waals surface area contributed by atoms with Gasteiger partial charge in [0.15, 0.2) is 5.65 Å². The Kier molecular flexibility index (Phi) is 2.52. The summed E-state index contributed by atoms with van der Waals surface area (Å²) in [4.78, 5) is 11.4. The number of piperidine rings is 1. The smallest absolute Gasteiger partial charge is 0.364 e. The van der Waals surface area contributed by atoms with Crippen LogP contribution in [0.15, 0.2) is 16.9 Å². The quantitative estimate of drug-likeness (QED) is 0.657. The van der Waals surface area contributed by atoms with Crippen LogP contribution in [-0.4, -0.2) is 38.9 Å².